The zero-order valence-corrected chi connectivity index (χ0v) is 15.7. The van der Waals surface area contributed by atoms with Crippen molar-refractivity contribution >= 4 is 11.9 Å². The standard InChI is InChI=1S/C20H29N3O3/c1-15-5-3-4-6-17(15)12-21-7-9-23(10-8-21)19(24)14-22-11-16(2)18(13-22)20(25)26/h3-6,16,18H,7-14H2,1-2H3,(H,25,26)/t16-,18-/m1/s1. The summed E-state index contributed by atoms with van der Waals surface area (Å²) in [6.45, 7) is 9.79. The number of nitrogens with zero attached hydrogens (tertiary/aromatic N) is 3. The highest BCUT2D eigenvalue weighted by Gasteiger charge is 2.36. The molecule has 2 saturated heterocycles. The number of piperazine rings is 1. The fraction of sp³-hybridized carbons (Fsp3) is 0.600. The number of likely N-dealkylation sites (tertiary alicyclic amines) is 1. The van der Waals surface area contributed by atoms with Gasteiger partial charge < -0.3 is 10.0 Å². The van der Waals surface area contributed by atoms with Gasteiger partial charge in [0.05, 0.1) is 12.5 Å². The molecule has 0 unspecified atom stereocenters. The summed E-state index contributed by atoms with van der Waals surface area (Å²) in [5.41, 5.74) is 2.65. The number of carboxylic acid groups (broad SMARTS) is 1. The average molecular weight is 359 g/mol. The Morgan fingerprint density at radius 1 is 1.08 bits per heavy atom. The van der Waals surface area contributed by atoms with E-state index in [0.717, 1.165) is 32.7 Å². The minimum atomic E-state index is -0.753. The van der Waals surface area contributed by atoms with E-state index in [2.05, 4.69) is 36.1 Å². The van der Waals surface area contributed by atoms with Gasteiger partial charge in [-0.3, -0.25) is 19.4 Å². The molecule has 3 rings (SSSR count). The SMILES string of the molecule is Cc1ccccc1CN1CCN(C(=O)CN2C[C@@H](C)[C@H](C(=O)O)C2)CC1. The van der Waals surface area contributed by atoms with E-state index in [9.17, 15) is 14.7 Å². The summed E-state index contributed by atoms with van der Waals surface area (Å²) in [6, 6.07) is 8.43. The number of amides is 1. The van der Waals surface area contributed by atoms with Gasteiger partial charge in [-0.15, -0.1) is 0 Å². The predicted molar refractivity (Wildman–Crippen MR) is 99.8 cm³/mol. The second kappa shape index (κ2) is 8.18. The topological polar surface area (TPSA) is 64.1 Å². The minimum Gasteiger partial charge on any atom is -0.481 e. The first-order chi connectivity index (χ1) is 12.4. The Hall–Kier alpha value is -1.92. The lowest BCUT2D eigenvalue weighted by molar-refractivity contribution is -0.142. The van der Waals surface area contributed by atoms with Crippen molar-refractivity contribution in [2.75, 3.05) is 45.8 Å². The maximum absolute atomic E-state index is 12.6. The number of rotatable bonds is 5. The monoisotopic (exact) mass is 359 g/mol. The van der Waals surface area contributed by atoms with E-state index in [1.807, 2.05) is 16.7 Å². The first-order valence-electron chi connectivity index (χ1n) is 9.44. The molecule has 6 heteroatoms. The summed E-state index contributed by atoms with van der Waals surface area (Å²) in [6.07, 6.45) is 0. The zero-order chi connectivity index (χ0) is 18.7. The maximum atomic E-state index is 12.6. The summed E-state index contributed by atoms with van der Waals surface area (Å²) in [5.74, 6) is -0.879. The van der Waals surface area contributed by atoms with Crippen molar-refractivity contribution in [3.63, 3.8) is 0 Å². The number of hydrogen-bond donors (Lipinski definition) is 1. The second-order valence-corrected chi connectivity index (χ2v) is 7.70. The van der Waals surface area contributed by atoms with Crippen LogP contribution in [0.4, 0.5) is 0 Å². The number of carbonyl (C=O) groups is 2. The van der Waals surface area contributed by atoms with Crippen LogP contribution in [0.5, 0.6) is 0 Å². The van der Waals surface area contributed by atoms with E-state index in [4.69, 9.17) is 0 Å². The van der Waals surface area contributed by atoms with Crippen LogP contribution in [0.3, 0.4) is 0 Å². The molecule has 0 aliphatic carbocycles. The van der Waals surface area contributed by atoms with Crippen LogP contribution in [-0.4, -0.2) is 77.5 Å². The van der Waals surface area contributed by atoms with Gasteiger partial charge in [-0.2, -0.15) is 0 Å². The van der Waals surface area contributed by atoms with Gasteiger partial charge in [-0.25, -0.2) is 0 Å². The Bertz CT molecular complexity index is 655. The van der Waals surface area contributed by atoms with E-state index >= 15 is 0 Å². The van der Waals surface area contributed by atoms with Crippen molar-refractivity contribution in [2.45, 2.75) is 20.4 Å². The Morgan fingerprint density at radius 3 is 2.38 bits per heavy atom. The molecule has 0 radical (unpaired) electrons. The molecule has 0 saturated carbocycles. The molecule has 0 aromatic heterocycles. The van der Waals surface area contributed by atoms with Gasteiger partial charge >= 0.3 is 5.97 Å². The molecule has 2 heterocycles. The van der Waals surface area contributed by atoms with Crippen LogP contribution < -0.4 is 0 Å². The summed E-state index contributed by atoms with van der Waals surface area (Å²) in [4.78, 5) is 30.1. The largest absolute Gasteiger partial charge is 0.481 e. The highest BCUT2D eigenvalue weighted by atomic mass is 16.4. The number of hydrogen-bond acceptors (Lipinski definition) is 4. The fourth-order valence-electron chi connectivity index (χ4n) is 3.99. The molecule has 2 fully saturated rings. The molecule has 1 aromatic carbocycles. The predicted octanol–water partition coefficient (Wildman–Crippen LogP) is 1.29. The lowest BCUT2D eigenvalue weighted by Gasteiger charge is -2.35. The third-order valence-electron chi connectivity index (χ3n) is 5.74. The van der Waals surface area contributed by atoms with Crippen LogP contribution >= 0.6 is 0 Å². The average Bonchev–Trinajstić information content (AvgIpc) is 2.98. The smallest absolute Gasteiger partial charge is 0.308 e. The molecule has 0 bridgehead atoms. The van der Waals surface area contributed by atoms with Crippen LogP contribution in [0.2, 0.25) is 0 Å². The van der Waals surface area contributed by atoms with Crippen molar-refractivity contribution in [3.8, 4) is 0 Å². The number of benzene rings is 1. The van der Waals surface area contributed by atoms with Crippen molar-refractivity contribution in [1.29, 1.82) is 0 Å². The van der Waals surface area contributed by atoms with Crippen LogP contribution in [-0.2, 0) is 16.1 Å². The van der Waals surface area contributed by atoms with Crippen LogP contribution in [0.25, 0.3) is 0 Å². The van der Waals surface area contributed by atoms with Crippen LogP contribution in [0.15, 0.2) is 24.3 Å². The number of carboxylic acids is 1. The van der Waals surface area contributed by atoms with E-state index in [-0.39, 0.29) is 17.7 Å². The van der Waals surface area contributed by atoms with Gasteiger partial charge in [-0.05, 0) is 24.0 Å². The molecule has 1 aromatic rings. The van der Waals surface area contributed by atoms with Crippen LogP contribution in [0.1, 0.15) is 18.1 Å². The molecule has 2 atom stereocenters. The Balaban J connectivity index is 1.45. The second-order valence-electron chi connectivity index (χ2n) is 7.70. The molecule has 26 heavy (non-hydrogen) atoms. The molecular formula is C20H29N3O3. The highest BCUT2D eigenvalue weighted by molar-refractivity contribution is 5.78. The summed E-state index contributed by atoms with van der Waals surface area (Å²) >= 11 is 0. The van der Waals surface area contributed by atoms with Gasteiger partial charge in [0.25, 0.3) is 0 Å². The normalized spacial score (nSPS) is 24.8. The molecule has 2 aliphatic heterocycles. The third-order valence-corrected chi connectivity index (χ3v) is 5.74. The summed E-state index contributed by atoms with van der Waals surface area (Å²) < 4.78 is 0. The quantitative estimate of drug-likeness (QED) is 0.858. The highest BCUT2D eigenvalue weighted by Crippen LogP contribution is 2.23. The summed E-state index contributed by atoms with van der Waals surface area (Å²) in [5, 5.41) is 9.23. The van der Waals surface area contributed by atoms with Gasteiger partial charge in [0, 0.05) is 45.8 Å². The van der Waals surface area contributed by atoms with Gasteiger partial charge in [0.1, 0.15) is 0 Å². The van der Waals surface area contributed by atoms with E-state index < -0.39 is 5.97 Å². The summed E-state index contributed by atoms with van der Waals surface area (Å²) in [7, 11) is 0. The molecule has 1 N–H and O–H groups in total. The first kappa shape index (κ1) is 18.9. The zero-order valence-electron chi connectivity index (χ0n) is 15.7. The molecule has 6 nitrogen and oxygen atoms in total. The number of carbonyl (C=O) groups excluding carboxylic acids is 1. The van der Waals surface area contributed by atoms with E-state index in [1.54, 1.807) is 0 Å². The van der Waals surface area contributed by atoms with Gasteiger partial charge in [0.15, 0.2) is 0 Å². The van der Waals surface area contributed by atoms with Gasteiger partial charge in [0.2, 0.25) is 5.91 Å². The van der Waals surface area contributed by atoms with Gasteiger partial charge in [-0.1, -0.05) is 31.2 Å². The molecule has 2 aliphatic rings. The molecule has 142 valence electrons. The van der Waals surface area contributed by atoms with E-state index in [1.165, 1.54) is 11.1 Å². The maximum Gasteiger partial charge on any atom is 0.308 e. The van der Waals surface area contributed by atoms with Crippen molar-refractivity contribution in [1.82, 2.24) is 14.7 Å². The van der Waals surface area contributed by atoms with E-state index in [0.29, 0.717) is 19.6 Å². The lowest BCUT2D eigenvalue weighted by atomic mass is 9.99. The number of aryl methyl sites for hydroxylation is 1. The Morgan fingerprint density at radius 2 is 1.77 bits per heavy atom. The van der Waals surface area contributed by atoms with Crippen molar-refractivity contribution in [2.24, 2.45) is 11.8 Å². The minimum absolute atomic E-state index is 0.103. The van der Waals surface area contributed by atoms with Crippen LogP contribution in [0, 0.1) is 18.8 Å². The third kappa shape index (κ3) is 4.43. The molecule has 0 spiro atoms. The van der Waals surface area contributed by atoms with Crippen molar-refractivity contribution in [3.05, 3.63) is 35.4 Å². The van der Waals surface area contributed by atoms with Crippen molar-refractivity contribution < 1.29 is 14.7 Å². The number of aliphatic carboxylic acids is 1. The molecule has 1 amide bonds. The lowest BCUT2D eigenvalue weighted by Crippen LogP contribution is -2.50. The fourth-order valence-corrected chi connectivity index (χ4v) is 3.99. The molecular weight excluding hydrogens is 330 g/mol. The Kier molecular flexibility index (Phi) is 5.94. The first-order valence-corrected chi connectivity index (χ1v) is 9.44. The Labute approximate surface area is 155 Å².